The minimum absolute atomic E-state index is 0.100. The van der Waals surface area contributed by atoms with Gasteiger partial charge in [0.25, 0.3) is 8.32 Å². The molecule has 4 rings (SSSR count). The van der Waals surface area contributed by atoms with Crippen LogP contribution in [0.5, 0.6) is 0 Å². The van der Waals surface area contributed by atoms with Gasteiger partial charge < -0.3 is 32.6 Å². The van der Waals surface area contributed by atoms with Crippen molar-refractivity contribution < 1.29 is 37.4 Å². The van der Waals surface area contributed by atoms with E-state index in [9.17, 15) is 9.90 Å². The Labute approximate surface area is 370 Å². The number of rotatable bonds is 20. The normalized spacial score (nSPS) is 15.7. The second-order valence-electron chi connectivity index (χ2n) is 20.2. The molecule has 0 aliphatic carbocycles. The van der Waals surface area contributed by atoms with Gasteiger partial charge in [0.15, 0.2) is 22.7 Å². The summed E-state index contributed by atoms with van der Waals surface area (Å²) in [5.74, 6) is -0.679. The van der Waals surface area contributed by atoms with E-state index in [1.807, 2.05) is 72.8 Å². The van der Waals surface area contributed by atoms with Crippen molar-refractivity contribution in [1.29, 1.82) is 0 Å². The molecule has 1 N–H and O–H groups in total. The molecule has 0 saturated carbocycles. The van der Waals surface area contributed by atoms with E-state index in [-0.39, 0.29) is 34.9 Å². The van der Waals surface area contributed by atoms with Crippen molar-refractivity contribution in [3.63, 3.8) is 0 Å². The first-order valence-electron chi connectivity index (χ1n) is 21.6. The molecular formula is C50H74O8Si3. The molecule has 0 aliphatic heterocycles. The fourth-order valence-electron chi connectivity index (χ4n) is 7.05. The summed E-state index contributed by atoms with van der Waals surface area (Å²) >= 11 is 0. The summed E-state index contributed by atoms with van der Waals surface area (Å²) in [7, 11) is -7.17. The van der Waals surface area contributed by atoms with Gasteiger partial charge in [0.1, 0.15) is 24.4 Å². The topological polar surface area (TPSA) is 92.7 Å². The highest BCUT2D eigenvalue weighted by Crippen LogP contribution is 2.42. The molecule has 0 aromatic heterocycles. The largest absolute Gasteiger partial charge is 0.467 e. The van der Waals surface area contributed by atoms with E-state index in [4.69, 9.17) is 27.5 Å². The quantitative estimate of drug-likeness (QED) is 0.0693. The Morgan fingerprint density at radius 2 is 0.951 bits per heavy atom. The molecule has 0 heterocycles. The minimum Gasteiger partial charge on any atom is -0.467 e. The zero-order chi connectivity index (χ0) is 45.3. The van der Waals surface area contributed by atoms with Gasteiger partial charge in [-0.25, -0.2) is 4.79 Å². The monoisotopic (exact) mass is 886 g/mol. The molecule has 61 heavy (non-hydrogen) atoms. The second kappa shape index (κ2) is 21.0. The molecule has 0 unspecified atom stereocenters. The lowest BCUT2D eigenvalue weighted by atomic mass is 9.98. The molecule has 0 amide bonds. The highest BCUT2D eigenvalue weighted by Gasteiger charge is 2.54. The van der Waals surface area contributed by atoms with E-state index in [1.165, 1.54) is 7.11 Å². The van der Waals surface area contributed by atoms with E-state index in [0.29, 0.717) is 0 Å². The molecule has 4 aromatic carbocycles. The first-order valence-corrected chi connectivity index (χ1v) is 29.4. The van der Waals surface area contributed by atoms with E-state index < -0.39 is 61.4 Å². The van der Waals surface area contributed by atoms with Crippen molar-refractivity contribution in [1.82, 2.24) is 0 Å². The molecule has 11 heteroatoms. The van der Waals surface area contributed by atoms with Gasteiger partial charge in [-0.3, -0.25) is 0 Å². The Morgan fingerprint density at radius 3 is 1.34 bits per heavy atom. The van der Waals surface area contributed by atoms with Gasteiger partial charge in [-0.05, 0) is 62.8 Å². The summed E-state index contributed by atoms with van der Waals surface area (Å²) in [6.07, 6.45) is -5.75. The lowest BCUT2D eigenvalue weighted by Gasteiger charge is -2.47. The van der Waals surface area contributed by atoms with Gasteiger partial charge in [-0.15, -0.1) is 0 Å². The van der Waals surface area contributed by atoms with Crippen LogP contribution in [0, 0.1) is 0 Å². The predicted octanol–water partition coefficient (Wildman–Crippen LogP) is 10.0. The van der Waals surface area contributed by atoms with Crippen LogP contribution in [-0.2, 0) is 45.5 Å². The summed E-state index contributed by atoms with van der Waals surface area (Å²) in [6, 6.07) is 40.9. The molecular weight excluding hydrogens is 813 g/mol. The van der Waals surface area contributed by atoms with Crippen LogP contribution in [0.1, 0.15) is 73.4 Å². The predicted molar refractivity (Wildman–Crippen MR) is 256 cm³/mol. The third-order valence-electron chi connectivity index (χ3n) is 12.7. The van der Waals surface area contributed by atoms with E-state index in [1.54, 1.807) is 0 Å². The molecule has 0 bridgehead atoms. The molecule has 334 valence electrons. The number of methoxy groups -OCH3 is 1. The van der Waals surface area contributed by atoms with Crippen molar-refractivity contribution in [3.05, 3.63) is 132 Å². The van der Waals surface area contributed by atoms with Crippen LogP contribution < -0.4 is 10.4 Å². The van der Waals surface area contributed by atoms with Gasteiger partial charge in [-0.2, -0.15) is 0 Å². The molecule has 5 atom stereocenters. The Morgan fingerprint density at radius 1 is 0.557 bits per heavy atom. The van der Waals surface area contributed by atoms with Crippen molar-refractivity contribution in [2.45, 2.75) is 147 Å². The summed E-state index contributed by atoms with van der Waals surface area (Å²) in [6.45, 7) is 28.6. The fraction of sp³-hybridized carbons (Fsp3) is 0.500. The number of carbonyl (C=O) groups is 1. The van der Waals surface area contributed by atoms with E-state index >= 15 is 0 Å². The average molecular weight is 887 g/mol. The zero-order valence-electron chi connectivity index (χ0n) is 39.4. The number of aliphatic hydroxyl groups is 1. The number of esters is 1. The Balaban J connectivity index is 2.00. The van der Waals surface area contributed by atoms with Crippen LogP contribution in [0.25, 0.3) is 0 Å². The average Bonchev–Trinajstić information content (AvgIpc) is 3.20. The van der Waals surface area contributed by atoms with Crippen molar-refractivity contribution in [2.75, 3.05) is 13.7 Å². The highest BCUT2D eigenvalue weighted by atomic mass is 28.4. The van der Waals surface area contributed by atoms with Crippen LogP contribution >= 0.6 is 0 Å². The minimum atomic E-state index is -3.11. The standard InChI is InChI=1S/C50H74O8Si3/c1-48(2,3)59(11,12)57-44(45(55-36-39-29-21-16-22-30-39)43(51)46(47(52)53-10)58-60(13,14)49(4,5)6)42(54-35-38-27-19-15-20-28-38)37-56-61(50(7,8)9,40-31-23-17-24-32-40)41-33-25-18-26-34-41/h15-34,42-46,51H,35-37H2,1-14H3/t42-,43+,44-,45+,46+/m1/s1. The van der Waals surface area contributed by atoms with Gasteiger partial charge in [0.05, 0.1) is 26.9 Å². The van der Waals surface area contributed by atoms with Crippen LogP contribution in [-0.4, -0.2) is 80.3 Å². The van der Waals surface area contributed by atoms with Gasteiger partial charge in [-0.1, -0.05) is 184 Å². The maximum absolute atomic E-state index is 13.9. The first-order chi connectivity index (χ1) is 28.4. The molecule has 8 nitrogen and oxygen atoms in total. The molecule has 0 saturated heterocycles. The van der Waals surface area contributed by atoms with Crippen LogP contribution in [0.2, 0.25) is 41.3 Å². The fourth-order valence-corrected chi connectivity index (χ4v) is 14.2. The summed E-state index contributed by atoms with van der Waals surface area (Å²) in [4.78, 5) is 13.9. The third kappa shape index (κ3) is 12.7. The third-order valence-corrected chi connectivity index (χ3v) is 26.6. The zero-order valence-corrected chi connectivity index (χ0v) is 42.4. The Hall–Kier alpha value is -3.24. The van der Waals surface area contributed by atoms with Crippen molar-refractivity contribution >= 4 is 41.3 Å². The van der Waals surface area contributed by atoms with E-state index in [0.717, 1.165) is 21.5 Å². The van der Waals surface area contributed by atoms with Crippen molar-refractivity contribution in [2.24, 2.45) is 0 Å². The molecule has 0 aliphatic rings. The smallest absolute Gasteiger partial charge is 0.336 e. The Kier molecular flexibility index (Phi) is 17.3. The lowest BCUT2D eigenvalue weighted by Crippen LogP contribution is -2.68. The number of hydrogen-bond donors (Lipinski definition) is 1. The first kappa shape index (κ1) is 50.4. The molecule has 0 spiro atoms. The maximum atomic E-state index is 13.9. The van der Waals surface area contributed by atoms with E-state index in [2.05, 4.69) is 137 Å². The number of ether oxygens (including phenoxy) is 3. The van der Waals surface area contributed by atoms with Crippen LogP contribution in [0.3, 0.4) is 0 Å². The van der Waals surface area contributed by atoms with Gasteiger partial charge >= 0.3 is 5.97 Å². The maximum Gasteiger partial charge on any atom is 0.336 e. The van der Waals surface area contributed by atoms with Gasteiger partial charge in [0.2, 0.25) is 0 Å². The summed E-state index contributed by atoms with van der Waals surface area (Å²) < 4.78 is 41.4. The number of aliphatic hydroxyl groups excluding tert-OH is 1. The highest BCUT2D eigenvalue weighted by molar-refractivity contribution is 6.99. The number of benzene rings is 4. The summed E-state index contributed by atoms with van der Waals surface area (Å²) in [5, 5.41) is 14.3. The van der Waals surface area contributed by atoms with Crippen LogP contribution in [0.4, 0.5) is 0 Å². The van der Waals surface area contributed by atoms with Gasteiger partial charge in [0, 0.05) is 0 Å². The molecule has 0 fully saturated rings. The summed E-state index contributed by atoms with van der Waals surface area (Å²) in [5.41, 5.74) is 1.87. The van der Waals surface area contributed by atoms with Crippen LogP contribution in [0.15, 0.2) is 121 Å². The second-order valence-corrected chi connectivity index (χ2v) is 34.0. The molecule has 4 aromatic rings. The number of hydrogen-bond acceptors (Lipinski definition) is 8. The Bertz CT molecular complexity index is 1870. The number of carbonyl (C=O) groups excluding carboxylic acids is 1. The van der Waals surface area contributed by atoms with Crippen molar-refractivity contribution in [3.8, 4) is 0 Å². The SMILES string of the molecule is COC(=O)[C@@H](O[Si](C)(C)C(C)(C)C)[C@@H](O)[C@H](OCc1ccccc1)[C@H](O[Si](C)(C)C(C)(C)C)[C@@H](CO[Si](c1ccccc1)(c1ccccc1)C(C)(C)C)OCc1ccccc1. The molecule has 0 radical (unpaired) electrons. The lowest BCUT2D eigenvalue weighted by molar-refractivity contribution is -0.185.